The number of methoxy groups -OCH3 is 1. The number of carbonyl (C=O) groups is 2. The number of nitrogens with one attached hydrogen (secondary N) is 2. The Kier molecular flexibility index (Phi) is 6.66. The molecule has 0 fully saturated rings. The maximum Gasteiger partial charge on any atom is 0.272 e. The predicted molar refractivity (Wildman–Crippen MR) is 115 cm³/mol. The van der Waals surface area contributed by atoms with Gasteiger partial charge in [-0.2, -0.15) is 0 Å². The van der Waals surface area contributed by atoms with Gasteiger partial charge in [0.15, 0.2) is 0 Å². The Morgan fingerprint density at radius 2 is 1.66 bits per heavy atom. The first-order valence-electron chi connectivity index (χ1n) is 8.85. The summed E-state index contributed by atoms with van der Waals surface area (Å²) in [6.07, 6.45) is 1.57. The van der Waals surface area contributed by atoms with Gasteiger partial charge in [0.1, 0.15) is 11.4 Å². The first-order valence-corrected chi connectivity index (χ1v) is 9.22. The van der Waals surface area contributed by atoms with Gasteiger partial charge in [-0.05, 0) is 42.5 Å². The van der Waals surface area contributed by atoms with E-state index in [9.17, 15) is 9.59 Å². The van der Waals surface area contributed by atoms with Crippen molar-refractivity contribution in [3.8, 4) is 5.75 Å². The monoisotopic (exact) mass is 406 g/mol. The molecule has 0 saturated heterocycles. The molecule has 0 aromatic heterocycles. The van der Waals surface area contributed by atoms with E-state index in [-0.39, 0.29) is 5.70 Å². The molecular formula is C23H19ClN2O3. The van der Waals surface area contributed by atoms with E-state index in [0.29, 0.717) is 27.6 Å². The van der Waals surface area contributed by atoms with E-state index in [2.05, 4.69) is 10.6 Å². The van der Waals surface area contributed by atoms with Crippen LogP contribution in [0.1, 0.15) is 15.9 Å². The maximum atomic E-state index is 12.9. The zero-order valence-corrected chi connectivity index (χ0v) is 16.4. The fourth-order valence-corrected chi connectivity index (χ4v) is 2.84. The van der Waals surface area contributed by atoms with E-state index >= 15 is 0 Å². The first kappa shape index (κ1) is 20.2. The summed E-state index contributed by atoms with van der Waals surface area (Å²) in [6, 6.07) is 22.6. The van der Waals surface area contributed by atoms with Gasteiger partial charge in [-0.15, -0.1) is 0 Å². The lowest BCUT2D eigenvalue weighted by Gasteiger charge is -2.12. The highest BCUT2D eigenvalue weighted by Crippen LogP contribution is 2.21. The SMILES string of the molecule is COc1ccccc1C=C(NC(=O)c1ccccc1)C(=O)Nc1cccc(Cl)c1. The lowest BCUT2D eigenvalue weighted by atomic mass is 10.1. The molecule has 0 bridgehead atoms. The van der Waals surface area contributed by atoms with E-state index in [1.165, 1.54) is 0 Å². The molecule has 6 heteroatoms. The zero-order valence-electron chi connectivity index (χ0n) is 15.7. The molecule has 0 unspecified atom stereocenters. The molecule has 2 amide bonds. The minimum absolute atomic E-state index is 0.0725. The summed E-state index contributed by atoms with van der Waals surface area (Å²) in [5.41, 5.74) is 1.68. The summed E-state index contributed by atoms with van der Waals surface area (Å²) in [6.45, 7) is 0. The molecule has 0 aliphatic heterocycles. The average Bonchev–Trinajstić information content (AvgIpc) is 2.74. The van der Waals surface area contributed by atoms with Crippen LogP contribution in [0.25, 0.3) is 6.08 Å². The smallest absolute Gasteiger partial charge is 0.272 e. The molecule has 2 N–H and O–H groups in total. The van der Waals surface area contributed by atoms with Gasteiger partial charge in [0, 0.05) is 21.8 Å². The fourth-order valence-electron chi connectivity index (χ4n) is 2.65. The van der Waals surface area contributed by atoms with Crippen LogP contribution in [0.5, 0.6) is 5.75 Å². The molecule has 0 radical (unpaired) electrons. The average molecular weight is 407 g/mol. The third-order valence-electron chi connectivity index (χ3n) is 4.05. The number of benzene rings is 3. The largest absolute Gasteiger partial charge is 0.496 e. The van der Waals surface area contributed by atoms with Crippen LogP contribution in [0.2, 0.25) is 5.02 Å². The Labute approximate surface area is 174 Å². The van der Waals surface area contributed by atoms with Crippen molar-refractivity contribution < 1.29 is 14.3 Å². The number of carbonyl (C=O) groups excluding carboxylic acids is 2. The second-order valence-electron chi connectivity index (χ2n) is 6.08. The van der Waals surface area contributed by atoms with Crippen LogP contribution in [-0.4, -0.2) is 18.9 Å². The van der Waals surface area contributed by atoms with Gasteiger partial charge < -0.3 is 15.4 Å². The lowest BCUT2D eigenvalue weighted by Crippen LogP contribution is -2.30. The van der Waals surface area contributed by atoms with Gasteiger partial charge in [0.2, 0.25) is 0 Å². The second kappa shape index (κ2) is 9.57. The Bertz CT molecular complexity index is 1050. The van der Waals surface area contributed by atoms with Gasteiger partial charge in [0.25, 0.3) is 11.8 Å². The second-order valence-corrected chi connectivity index (χ2v) is 6.52. The van der Waals surface area contributed by atoms with E-state index in [1.54, 1.807) is 73.8 Å². The van der Waals surface area contributed by atoms with Crippen LogP contribution in [-0.2, 0) is 4.79 Å². The summed E-state index contributed by atoms with van der Waals surface area (Å²) in [7, 11) is 1.54. The maximum absolute atomic E-state index is 12.9. The van der Waals surface area contributed by atoms with Crippen molar-refractivity contribution in [2.24, 2.45) is 0 Å². The summed E-state index contributed by atoms with van der Waals surface area (Å²) in [5, 5.41) is 5.93. The predicted octanol–water partition coefficient (Wildman–Crippen LogP) is 4.76. The molecule has 0 atom stereocenters. The van der Waals surface area contributed by atoms with Crippen molar-refractivity contribution in [2.75, 3.05) is 12.4 Å². The van der Waals surface area contributed by atoms with E-state index in [4.69, 9.17) is 16.3 Å². The molecule has 0 spiro atoms. The Hall–Kier alpha value is -3.57. The van der Waals surface area contributed by atoms with Gasteiger partial charge in [0.05, 0.1) is 7.11 Å². The number of halogens is 1. The van der Waals surface area contributed by atoms with Crippen molar-refractivity contribution in [3.05, 3.63) is 101 Å². The highest BCUT2D eigenvalue weighted by atomic mass is 35.5. The molecule has 146 valence electrons. The van der Waals surface area contributed by atoms with Crippen molar-refractivity contribution in [3.63, 3.8) is 0 Å². The van der Waals surface area contributed by atoms with E-state index < -0.39 is 11.8 Å². The lowest BCUT2D eigenvalue weighted by molar-refractivity contribution is -0.113. The molecule has 3 aromatic rings. The number of para-hydroxylation sites is 1. The molecule has 0 heterocycles. The molecule has 5 nitrogen and oxygen atoms in total. The Morgan fingerprint density at radius 1 is 0.931 bits per heavy atom. The van der Waals surface area contributed by atoms with Crippen LogP contribution in [0.4, 0.5) is 5.69 Å². The molecule has 0 aliphatic carbocycles. The van der Waals surface area contributed by atoms with Crippen LogP contribution in [0.15, 0.2) is 84.6 Å². The fraction of sp³-hybridized carbons (Fsp3) is 0.0435. The molecule has 29 heavy (non-hydrogen) atoms. The molecular weight excluding hydrogens is 388 g/mol. The van der Waals surface area contributed by atoms with Crippen molar-refractivity contribution in [2.45, 2.75) is 0 Å². The van der Waals surface area contributed by atoms with Crippen molar-refractivity contribution in [1.29, 1.82) is 0 Å². The zero-order chi connectivity index (χ0) is 20.6. The minimum atomic E-state index is -0.484. The molecule has 0 saturated carbocycles. The standard InChI is InChI=1S/C23H19ClN2O3/c1-29-21-13-6-5-10-17(21)14-20(26-22(27)16-8-3-2-4-9-16)23(28)25-19-12-7-11-18(24)15-19/h2-15H,1H3,(H,25,28)(H,26,27). The number of hydrogen-bond acceptors (Lipinski definition) is 3. The van der Waals surface area contributed by atoms with E-state index in [1.807, 2.05) is 18.2 Å². The highest BCUT2D eigenvalue weighted by molar-refractivity contribution is 6.31. The normalized spacial score (nSPS) is 10.9. The molecule has 3 aromatic carbocycles. The van der Waals surface area contributed by atoms with Crippen molar-refractivity contribution in [1.82, 2.24) is 5.32 Å². The third kappa shape index (κ3) is 5.46. The first-order chi connectivity index (χ1) is 14.1. The van der Waals surface area contributed by atoms with E-state index in [0.717, 1.165) is 0 Å². The van der Waals surface area contributed by atoms with Gasteiger partial charge >= 0.3 is 0 Å². The van der Waals surface area contributed by atoms with Gasteiger partial charge in [-0.25, -0.2) is 0 Å². The summed E-state index contributed by atoms with van der Waals surface area (Å²) >= 11 is 5.99. The third-order valence-corrected chi connectivity index (χ3v) is 4.29. The Morgan fingerprint density at radius 3 is 2.38 bits per heavy atom. The summed E-state index contributed by atoms with van der Waals surface area (Å²) < 4.78 is 5.34. The Balaban J connectivity index is 1.93. The highest BCUT2D eigenvalue weighted by Gasteiger charge is 2.16. The number of amides is 2. The van der Waals surface area contributed by atoms with Gasteiger partial charge in [-0.3, -0.25) is 9.59 Å². The topological polar surface area (TPSA) is 67.4 Å². The summed E-state index contributed by atoms with van der Waals surface area (Å²) in [4.78, 5) is 25.5. The minimum Gasteiger partial charge on any atom is -0.496 e. The van der Waals surface area contributed by atoms with Crippen molar-refractivity contribution >= 4 is 35.2 Å². The number of hydrogen-bond donors (Lipinski definition) is 2. The van der Waals surface area contributed by atoms with Crippen LogP contribution in [0.3, 0.4) is 0 Å². The van der Waals surface area contributed by atoms with Crippen LogP contribution >= 0.6 is 11.6 Å². The molecule has 0 aliphatic rings. The van der Waals surface area contributed by atoms with Crippen LogP contribution in [0, 0.1) is 0 Å². The molecule has 3 rings (SSSR count). The number of rotatable bonds is 6. The summed E-state index contributed by atoms with van der Waals surface area (Å²) in [5.74, 6) is -0.301. The quantitative estimate of drug-likeness (QED) is 0.580. The number of anilines is 1. The van der Waals surface area contributed by atoms with Crippen LogP contribution < -0.4 is 15.4 Å². The number of ether oxygens (including phenoxy) is 1. The van der Waals surface area contributed by atoms with Gasteiger partial charge in [-0.1, -0.05) is 54.1 Å².